The summed E-state index contributed by atoms with van der Waals surface area (Å²) in [5, 5.41) is 3.17. The van der Waals surface area contributed by atoms with E-state index in [2.05, 4.69) is 17.5 Å². The highest BCUT2D eigenvalue weighted by atomic mass is 32.1. The van der Waals surface area contributed by atoms with Crippen molar-refractivity contribution in [1.29, 1.82) is 0 Å². The zero-order valence-corrected chi connectivity index (χ0v) is 8.12. The molecule has 0 aliphatic carbocycles. The Kier molecular flexibility index (Phi) is 4.37. The summed E-state index contributed by atoms with van der Waals surface area (Å²) >= 11 is 4.66. The van der Waals surface area contributed by atoms with Crippen LogP contribution in [0.5, 0.6) is 0 Å². The quantitative estimate of drug-likeness (QED) is 0.617. The maximum atomic E-state index is 5.40. The Morgan fingerprint density at radius 2 is 2.18 bits per heavy atom. The fourth-order valence-electron chi connectivity index (χ4n) is 0.742. The van der Waals surface area contributed by atoms with Crippen molar-refractivity contribution in [3.8, 4) is 0 Å². The number of rotatable bonds is 4. The molecule has 0 amide bonds. The van der Waals surface area contributed by atoms with E-state index in [1.807, 2.05) is 20.8 Å². The first-order chi connectivity index (χ1) is 4.98. The SMILES string of the molecule is CCOC(C)(C)CNC(N)=S. The fourth-order valence-corrected chi connectivity index (χ4v) is 0.814. The zero-order chi connectivity index (χ0) is 8.91. The van der Waals surface area contributed by atoms with Crippen LogP contribution in [0.2, 0.25) is 0 Å². The molecule has 0 fully saturated rings. The molecule has 0 radical (unpaired) electrons. The van der Waals surface area contributed by atoms with Crippen molar-refractivity contribution in [2.75, 3.05) is 13.2 Å². The smallest absolute Gasteiger partial charge is 0.163 e. The van der Waals surface area contributed by atoms with Gasteiger partial charge in [-0.2, -0.15) is 0 Å². The second kappa shape index (κ2) is 4.51. The van der Waals surface area contributed by atoms with Gasteiger partial charge in [-0.25, -0.2) is 0 Å². The molecule has 66 valence electrons. The number of ether oxygens (including phenoxy) is 1. The Bertz CT molecular complexity index is 136. The first kappa shape index (κ1) is 10.7. The molecule has 0 rings (SSSR count). The van der Waals surface area contributed by atoms with Gasteiger partial charge >= 0.3 is 0 Å². The van der Waals surface area contributed by atoms with Gasteiger partial charge in [0.05, 0.1) is 5.60 Å². The minimum Gasteiger partial charge on any atom is -0.376 e. The summed E-state index contributed by atoms with van der Waals surface area (Å²) in [6, 6.07) is 0. The van der Waals surface area contributed by atoms with E-state index in [0.29, 0.717) is 18.3 Å². The highest BCUT2D eigenvalue weighted by Gasteiger charge is 2.16. The van der Waals surface area contributed by atoms with Crippen molar-refractivity contribution in [1.82, 2.24) is 5.32 Å². The average molecular weight is 176 g/mol. The fraction of sp³-hybridized carbons (Fsp3) is 0.857. The molecule has 0 aliphatic heterocycles. The van der Waals surface area contributed by atoms with Crippen LogP contribution in [-0.4, -0.2) is 23.9 Å². The number of nitrogens with one attached hydrogen (secondary N) is 1. The van der Waals surface area contributed by atoms with E-state index < -0.39 is 0 Å². The Balaban J connectivity index is 3.63. The van der Waals surface area contributed by atoms with Crippen molar-refractivity contribution in [2.45, 2.75) is 26.4 Å². The molecule has 0 aromatic carbocycles. The normalized spacial score (nSPS) is 11.2. The van der Waals surface area contributed by atoms with E-state index in [-0.39, 0.29) is 5.60 Å². The second-order valence-electron chi connectivity index (χ2n) is 2.91. The molecule has 0 saturated heterocycles. The molecule has 0 aromatic rings. The highest BCUT2D eigenvalue weighted by Crippen LogP contribution is 2.06. The molecule has 0 unspecified atom stereocenters. The third kappa shape index (κ3) is 6.06. The Morgan fingerprint density at radius 1 is 1.64 bits per heavy atom. The van der Waals surface area contributed by atoms with E-state index in [1.54, 1.807) is 0 Å². The maximum Gasteiger partial charge on any atom is 0.163 e. The number of nitrogens with two attached hydrogens (primary N) is 1. The van der Waals surface area contributed by atoms with Crippen LogP contribution in [-0.2, 0) is 4.74 Å². The summed E-state index contributed by atoms with van der Waals surface area (Å²) in [5.41, 5.74) is 5.06. The molecule has 0 atom stereocenters. The standard InChI is InChI=1S/C7H16N2OS/c1-4-10-7(2,3)5-9-6(8)11/h4-5H2,1-3H3,(H3,8,9,11). The lowest BCUT2D eigenvalue weighted by atomic mass is 10.1. The average Bonchev–Trinajstić information content (AvgIpc) is 1.84. The van der Waals surface area contributed by atoms with Gasteiger partial charge in [0.2, 0.25) is 0 Å². The Morgan fingerprint density at radius 3 is 2.55 bits per heavy atom. The van der Waals surface area contributed by atoms with E-state index in [1.165, 1.54) is 0 Å². The number of hydrogen-bond acceptors (Lipinski definition) is 2. The predicted octanol–water partition coefficient (Wildman–Crippen LogP) is 0.635. The molecular formula is C7H16N2OS. The van der Waals surface area contributed by atoms with Gasteiger partial charge in [-0.15, -0.1) is 0 Å². The minimum atomic E-state index is -0.196. The largest absolute Gasteiger partial charge is 0.376 e. The highest BCUT2D eigenvalue weighted by molar-refractivity contribution is 7.80. The van der Waals surface area contributed by atoms with Crippen LogP contribution in [0.15, 0.2) is 0 Å². The molecule has 3 N–H and O–H groups in total. The van der Waals surface area contributed by atoms with Crippen molar-refractivity contribution in [2.24, 2.45) is 5.73 Å². The van der Waals surface area contributed by atoms with E-state index in [0.717, 1.165) is 0 Å². The van der Waals surface area contributed by atoms with Crippen LogP contribution >= 0.6 is 12.2 Å². The lowest BCUT2D eigenvalue weighted by molar-refractivity contribution is -0.00564. The summed E-state index contributed by atoms with van der Waals surface area (Å²) in [6.45, 7) is 7.29. The van der Waals surface area contributed by atoms with Crippen molar-refractivity contribution >= 4 is 17.3 Å². The molecule has 0 aliphatic rings. The van der Waals surface area contributed by atoms with Crippen LogP contribution in [0.1, 0.15) is 20.8 Å². The van der Waals surface area contributed by atoms with E-state index in [4.69, 9.17) is 10.5 Å². The van der Waals surface area contributed by atoms with E-state index >= 15 is 0 Å². The van der Waals surface area contributed by atoms with Crippen LogP contribution in [0.25, 0.3) is 0 Å². The minimum absolute atomic E-state index is 0.196. The second-order valence-corrected chi connectivity index (χ2v) is 3.35. The maximum absolute atomic E-state index is 5.40. The molecule has 4 heteroatoms. The van der Waals surface area contributed by atoms with Crippen LogP contribution < -0.4 is 11.1 Å². The van der Waals surface area contributed by atoms with Gasteiger partial charge in [0, 0.05) is 13.2 Å². The van der Waals surface area contributed by atoms with Crippen molar-refractivity contribution in [3.05, 3.63) is 0 Å². The third-order valence-electron chi connectivity index (χ3n) is 1.22. The summed E-state index contributed by atoms with van der Waals surface area (Å²) in [6.07, 6.45) is 0. The topological polar surface area (TPSA) is 47.3 Å². The van der Waals surface area contributed by atoms with Gasteiger partial charge in [-0.3, -0.25) is 0 Å². The monoisotopic (exact) mass is 176 g/mol. The Hall–Kier alpha value is -0.350. The van der Waals surface area contributed by atoms with Crippen molar-refractivity contribution < 1.29 is 4.74 Å². The number of thiocarbonyl (C=S) groups is 1. The predicted molar refractivity (Wildman–Crippen MR) is 50.5 cm³/mol. The van der Waals surface area contributed by atoms with Gasteiger partial charge in [0.15, 0.2) is 5.11 Å². The molecule has 0 spiro atoms. The molecule has 0 saturated carbocycles. The molecule has 0 bridgehead atoms. The summed E-state index contributed by atoms with van der Waals surface area (Å²) in [4.78, 5) is 0. The van der Waals surface area contributed by atoms with Gasteiger partial charge < -0.3 is 15.8 Å². The van der Waals surface area contributed by atoms with Crippen LogP contribution in [0.3, 0.4) is 0 Å². The molecule has 3 nitrogen and oxygen atoms in total. The zero-order valence-electron chi connectivity index (χ0n) is 7.31. The van der Waals surface area contributed by atoms with Gasteiger partial charge in [0.1, 0.15) is 0 Å². The van der Waals surface area contributed by atoms with Crippen LogP contribution in [0.4, 0.5) is 0 Å². The molecule has 11 heavy (non-hydrogen) atoms. The molecule has 0 heterocycles. The Labute approximate surface area is 73.3 Å². The summed E-state index contributed by atoms with van der Waals surface area (Å²) in [7, 11) is 0. The van der Waals surface area contributed by atoms with Gasteiger partial charge in [-0.05, 0) is 33.0 Å². The number of hydrogen-bond donors (Lipinski definition) is 2. The summed E-state index contributed by atoms with van der Waals surface area (Å²) < 4.78 is 5.40. The third-order valence-corrected chi connectivity index (χ3v) is 1.37. The van der Waals surface area contributed by atoms with Gasteiger partial charge in [-0.1, -0.05) is 0 Å². The van der Waals surface area contributed by atoms with Crippen molar-refractivity contribution in [3.63, 3.8) is 0 Å². The summed E-state index contributed by atoms with van der Waals surface area (Å²) in [5.74, 6) is 0. The molecule has 0 aromatic heterocycles. The van der Waals surface area contributed by atoms with Gasteiger partial charge in [0.25, 0.3) is 0 Å². The molecular weight excluding hydrogens is 160 g/mol. The first-order valence-electron chi connectivity index (χ1n) is 3.65. The van der Waals surface area contributed by atoms with E-state index in [9.17, 15) is 0 Å². The first-order valence-corrected chi connectivity index (χ1v) is 4.06. The van der Waals surface area contributed by atoms with Crippen LogP contribution in [0, 0.1) is 0 Å². The lowest BCUT2D eigenvalue weighted by Gasteiger charge is -2.24. The lowest BCUT2D eigenvalue weighted by Crippen LogP contribution is -2.42.